The van der Waals surface area contributed by atoms with Crippen molar-refractivity contribution in [3.63, 3.8) is 0 Å². The third-order valence-electron chi connectivity index (χ3n) is 4.56. The topological polar surface area (TPSA) is 71.5 Å². The molecule has 0 fully saturated rings. The van der Waals surface area contributed by atoms with E-state index in [1.54, 1.807) is 36.5 Å². The van der Waals surface area contributed by atoms with Crippen molar-refractivity contribution in [2.45, 2.75) is 13.3 Å². The van der Waals surface area contributed by atoms with E-state index in [0.29, 0.717) is 22.7 Å². The Kier molecular flexibility index (Phi) is 4.76. The Hall–Kier alpha value is -3.67. The van der Waals surface area contributed by atoms with Crippen molar-refractivity contribution in [2.75, 3.05) is 16.8 Å². The maximum Gasteiger partial charge on any atom is 0.264 e. The highest BCUT2D eigenvalue weighted by Gasteiger charge is 2.30. The summed E-state index contributed by atoms with van der Waals surface area (Å²) in [6, 6.07) is 18.1. The van der Waals surface area contributed by atoms with Gasteiger partial charge in [0.05, 0.1) is 5.69 Å². The molecule has 6 heteroatoms. The normalized spacial score (nSPS) is 12.5. The number of hydrogen-bond donors (Lipinski definition) is 1. The molecule has 140 valence electrons. The number of hydrogen-bond acceptors (Lipinski definition) is 4. The number of ether oxygens (including phenoxy) is 1. The molecule has 2 heterocycles. The number of benzene rings is 2. The van der Waals surface area contributed by atoms with Crippen LogP contribution < -0.4 is 15.0 Å². The molecule has 2 aromatic carbocycles. The number of anilines is 2. The number of rotatable bonds is 4. The Morgan fingerprint density at radius 2 is 1.86 bits per heavy atom. The number of carbonyl (C=O) groups is 2. The highest BCUT2D eigenvalue weighted by molar-refractivity contribution is 6.12. The number of pyridine rings is 1. The van der Waals surface area contributed by atoms with E-state index in [-0.39, 0.29) is 24.2 Å². The van der Waals surface area contributed by atoms with Crippen LogP contribution in [0, 0.1) is 0 Å². The second kappa shape index (κ2) is 7.52. The number of amides is 2. The summed E-state index contributed by atoms with van der Waals surface area (Å²) < 4.78 is 5.82. The van der Waals surface area contributed by atoms with Crippen LogP contribution in [0.15, 0.2) is 66.9 Å². The highest BCUT2D eigenvalue weighted by Crippen LogP contribution is 2.37. The van der Waals surface area contributed by atoms with Gasteiger partial charge in [0, 0.05) is 11.9 Å². The molecule has 0 saturated carbocycles. The third-order valence-corrected chi connectivity index (χ3v) is 4.56. The average Bonchev–Trinajstić information content (AvgIpc) is 2.84. The Morgan fingerprint density at radius 1 is 1.07 bits per heavy atom. The molecule has 0 atom stereocenters. The smallest absolute Gasteiger partial charge is 0.264 e. The first-order valence-corrected chi connectivity index (χ1v) is 9.08. The lowest BCUT2D eigenvalue weighted by atomic mass is 10.1. The van der Waals surface area contributed by atoms with E-state index in [1.165, 1.54) is 10.5 Å². The van der Waals surface area contributed by atoms with Crippen LogP contribution in [0.4, 0.5) is 11.4 Å². The number of fused-ring (bicyclic) bond motifs is 2. The maximum absolute atomic E-state index is 13.1. The molecule has 3 aromatic rings. The van der Waals surface area contributed by atoms with Crippen molar-refractivity contribution < 1.29 is 14.3 Å². The summed E-state index contributed by atoms with van der Waals surface area (Å²) in [5.41, 5.74) is 2.73. The van der Waals surface area contributed by atoms with Crippen LogP contribution in [-0.2, 0) is 11.2 Å². The Balaban J connectivity index is 1.61. The Bertz CT molecular complexity index is 1030. The van der Waals surface area contributed by atoms with Crippen molar-refractivity contribution in [1.29, 1.82) is 0 Å². The van der Waals surface area contributed by atoms with Crippen LogP contribution >= 0.6 is 0 Å². The molecule has 1 aromatic heterocycles. The van der Waals surface area contributed by atoms with Crippen LogP contribution in [0.3, 0.4) is 0 Å². The summed E-state index contributed by atoms with van der Waals surface area (Å²) >= 11 is 0. The number of nitrogens with one attached hydrogen (secondary N) is 1. The molecule has 0 radical (unpaired) electrons. The van der Waals surface area contributed by atoms with E-state index in [0.717, 1.165) is 6.42 Å². The van der Waals surface area contributed by atoms with Gasteiger partial charge in [-0.1, -0.05) is 31.2 Å². The Morgan fingerprint density at radius 3 is 2.64 bits per heavy atom. The lowest BCUT2D eigenvalue weighted by molar-refractivity contribution is -0.114. The number of aryl methyl sites for hydroxylation is 1. The second-order valence-corrected chi connectivity index (χ2v) is 6.42. The van der Waals surface area contributed by atoms with Gasteiger partial charge in [0.15, 0.2) is 5.75 Å². The van der Waals surface area contributed by atoms with Gasteiger partial charge in [-0.2, -0.15) is 0 Å². The number of carbonyl (C=O) groups excluding carboxylic acids is 2. The summed E-state index contributed by atoms with van der Waals surface area (Å²) in [5, 5.41) is 2.85. The zero-order valence-corrected chi connectivity index (χ0v) is 15.4. The van der Waals surface area contributed by atoms with Crippen LogP contribution in [0.25, 0.3) is 0 Å². The summed E-state index contributed by atoms with van der Waals surface area (Å²) in [6.07, 6.45) is 2.50. The second-order valence-electron chi connectivity index (χ2n) is 6.42. The molecule has 0 aliphatic carbocycles. The number of nitrogens with zero attached hydrogens (tertiary/aromatic N) is 2. The Labute approximate surface area is 162 Å². The quantitative estimate of drug-likeness (QED) is 0.749. The number of aromatic nitrogens is 1. The number of para-hydroxylation sites is 2. The highest BCUT2D eigenvalue weighted by atomic mass is 16.5. The van der Waals surface area contributed by atoms with Gasteiger partial charge in [-0.25, -0.2) is 4.98 Å². The van der Waals surface area contributed by atoms with Gasteiger partial charge >= 0.3 is 0 Å². The molecule has 0 bridgehead atoms. The minimum atomic E-state index is -0.329. The van der Waals surface area contributed by atoms with E-state index < -0.39 is 0 Å². The van der Waals surface area contributed by atoms with Crippen molar-refractivity contribution in [2.24, 2.45) is 0 Å². The zero-order valence-electron chi connectivity index (χ0n) is 15.4. The molecule has 1 aliphatic heterocycles. The largest absolute Gasteiger partial charge is 0.436 e. The molecule has 0 unspecified atom stereocenters. The van der Waals surface area contributed by atoms with Gasteiger partial charge in [0.2, 0.25) is 11.8 Å². The van der Waals surface area contributed by atoms with Gasteiger partial charge in [-0.15, -0.1) is 0 Å². The lowest BCUT2D eigenvalue weighted by Crippen LogP contribution is -2.37. The van der Waals surface area contributed by atoms with Gasteiger partial charge in [-0.3, -0.25) is 14.5 Å². The fraction of sp³-hybridized carbons (Fsp3) is 0.136. The first kappa shape index (κ1) is 17.7. The maximum atomic E-state index is 13.1. The van der Waals surface area contributed by atoms with E-state index >= 15 is 0 Å². The lowest BCUT2D eigenvalue weighted by Gasteiger charge is -2.21. The van der Waals surface area contributed by atoms with Crippen LogP contribution in [0.1, 0.15) is 22.8 Å². The fourth-order valence-corrected chi connectivity index (χ4v) is 3.09. The predicted octanol–water partition coefficient (Wildman–Crippen LogP) is 4.04. The van der Waals surface area contributed by atoms with E-state index in [4.69, 9.17) is 4.74 Å². The molecule has 6 nitrogen and oxygen atoms in total. The summed E-state index contributed by atoms with van der Waals surface area (Å²) in [5.74, 6) is 0.0932. The standard InChI is InChI=1S/C22H19N3O3/c1-2-15-9-11-16(12-10-15)24-20(26)14-25-18-7-3-4-8-19(18)28-21-17(22(25)27)6-5-13-23-21/h3-13H,2,14H2,1H3,(H,24,26). The molecule has 1 aliphatic rings. The summed E-state index contributed by atoms with van der Waals surface area (Å²) in [4.78, 5) is 31.3. The van der Waals surface area contributed by atoms with E-state index in [1.807, 2.05) is 30.3 Å². The van der Waals surface area contributed by atoms with Crippen molar-refractivity contribution >= 4 is 23.2 Å². The molecule has 0 saturated heterocycles. The van der Waals surface area contributed by atoms with Crippen LogP contribution in [0.5, 0.6) is 11.6 Å². The molecule has 28 heavy (non-hydrogen) atoms. The van der Waals surface area contributed by atoms with Crippen LogP contribution in [0.2, 0.25) is 0 Å². The SMILES string of the molecule is CCc1ccc(NC(=O)CN2C(=O)c3cccnc3Oc3ccccc32)cc1. The van der Waals surface area contributed by atoms with Gasteiger partial charge in [0.1, 0.15) is 12.1 Å². The van der Waals surface area contributed by atoms with Crippen LogP contribution in [-0.4, -0.2) is 23.3 Å². The third kappa shape index (κ3) is 3.44. The van der Waals surface area contributed by atoms with Crippen molar-refractivity contribution in [3.8, 4) is 11.6 Å². The molecule has 4 rings (SSSR count). The first-order chi connectivity index (χ1) is 13.7. The zero-order chi connectivity index (χ0) is 19.5. The van der Waals surface area contributed by atoms with Crippen molar-refractivity contribution in [1.82, 2.24) is 4.98 Å². The molecule has 1 N–H and O–H groups in total. The molecular weight excluding hydrogens is 354 g/mol. The van der Waals surface area contributed by atoms with Crippen molar-refractivity contribution in [3.05, 3.63) is 78.0 Å². The van der Waals surface area contributed by atoms with Gasteiger partial charge < -0.3 is 10.1 Å². The molecule has 2 amide bonds. The minimum Gasteiger partial charge on any atom is -0.436 e. The summed E-state index contributed by atoms with van der Waals surface area (Å²) in [6.45, 7) is 1.94. The minimum absolute atomic E-state index is 0.136. The van der Waals surface area contributed by atoms with E-state index in [2.05, 4.69) is 17.2 Å². The van der Waals surface area contributed by atoms with E-state index in [9.17, 15) is 9.59 Å². The van der Waals surface area contributed by atoms with Gasteiger partial charge in [-0.05, 0) is 48.4 Å². The fourth-order valence-electron chi connectivity index (χ4n) is 3.09. The monoisotopic (exact) mass is 373 g/mol. The average molecular weight is 373 g/mol. The van der Waals surface area contributed by atoms with Gasteiger partial charge in [0.25, 0.3) is 5.91 Å². The summed E-state index contributed by atoms with van der Waals surface area (Å²) in [7, 11) is 0. The first-order valence-electron chi connectivity index (χ1n) is 9.08. The molecule has 0 spiro atoms. The molecular formula is C22H19N3O3. The predicted molar refractivity (Wildman–Crippen MR) is 107 cm³/mol.